The van der Waals surface area contributed by atoms with Crippen molar-refractivity contribution in [3.8, 4) is 0 Å². The van der Waals surface area contributed by atoms with E-state index in [9.17, 15) is 8.42 Å². The Hall–Kier alpha value is -1.07. The molecule has 0 aliphatic carbocycles. The molecule has 0 heterocycles. The molecule has 3 N–H and O–H groups in total. The van der Waals surface area contributed by atoms with Gasteiger partial charge in [-0.1, -0.05) is 27.7 Å². The molecule has 1 aromatic rings. The number of nitrogen functional groups attached to an aromatic ring is 1. The molecule has 0 bridgehead atoms. The van der Waals surface area contributed by atoms with E-state index in [1.165, 1.54) is 0 Å². The highest BCUT2D eigenvalue weighted by atomic mass is 32.2. The summed E-state index contributed by atoms with van der Waals surface area (Å²) in [5.74, 6) is 1.19. The van der Waals surface area contributed by atoms with Crippen LogP contribution in [-0.2, 0) is 10.0 Å². The summed E-state index contributed by atoms with van der Waals surface area (Å²) in [6, 6.07) is 4.79. The lowest BCUT2D eigenvalue weighted by molar-refractivity contribution is 0.289. The van der Waals surface area contributed by atoms with Crippen molar-refractivity contribution in [1.29, 1.82) is 0 Å². The first kappa shape index (κ1) is 17.0. The van der Waals surface area contributed by atoms with Crippen LogP contribution < -0.4 is 10.5 Å². The van der Waals surface area contributed by atoms with Crippen molar-refractivity contribution in [1.82, 2.24) is 4.72 Å². The Bertz CT molecular complexity index is 543. The van der Waals surface area contributed by atoms with Gasteiger partial charge in [0.1, 0.15) is 0 Å². The van der Waals surface area contributed by atoms with Gasteiger partial charge in [0.05, 0.1) is 4.90 Å². The third kappa shape index (κ3) is 4.21. The van der Waals surface area contributed by atoms with Gasteiger partial charge in [0.25, 0.3) is 0 Å². The Morgan fingerprint density at radius 2 is 1.70 bits per heavy atom. The lowest BCUT2D eigenvalue weighted by Crippen LogP contribution is -2.34. The third-order valence-electron chi connectivity index (χ3n) is 3.77. The summed E-state index contributed by atoms with van der Waals surface area (Å²) >= 11 is 0. The molecular formula is C15H26N2O2S. The molecule has 1 aromatic carbocycles. The molecule has 114 valence electrons. The van der Waals surface area contributed by atoms with Crippen molar-refractivity contribution in [2.45, 2.75) is 39.5 Å². The maximum atomic E-state index is 12.3. The predicted octanol–water partition coefficient (Wildman–Crippen LogP) is 2.78. The first-order chi connectivity index (χ1) is 9.15. The molecule has 0 atom stereocenters. The van der Waals surface area contributed by atoms with Crippen LogP contribution >= 0.6 is 0 Å². The largest absolute Gasteiger partial charge is 0.399 e. The molecule has 0 spiro atoms. The highest BCUT2D eigenvalue weighted by molar-refractivity contribution is 7.89. The van der Waals surface area contributed by atoms with Crippen molar-refractivity contribution in [2.24, 2.45) is 17.8 Å². The summed E-state index contributed by atoms with van der Waals surface area (Å²) in [6.07, 6.45) is 0. The third-order valence-corrected chi connectivity index (χ3v) is 5.19. The van der Waals surface area contributed by atoms with E-state index < -0.39 is 10.0 Å². The van der Waals surface area contributed by atoms with Crippen LogP contribution in [0.3, 0.4) is 0 Å². The number of rotatable bonds is 6. The van der Waals surface area contributed by atoms with Gasteiger partial charge in [-0.2, -0.15) is 0 Å². The lowest BCUT2D eigenvalue weighted by atomic mass is 9.86. The zero-order valence-corrected chi connectivity index (χ0v) is 13.8. The second kappa shape index (κ2) is 6.59. The van der Waals surface area contributed by atoms with Gasteiger partial charge in [0.2, 0.25) is 10.0 Å². The van der Waals surface area contributed by atoms with Crippen LogP contribution in [0.5, 0.6) is 0 Å². The van der Waals surface area contributed by atoms with Gasteiger partial charge < -0.3 is 5.73 Å². The van der Waals surface area contributed by atoms with Gasteiger partial charge in [-0.15, -0.1) is 0 Å². The van der Waals surface area contributed by atoms with E-state index in [1.54, 1.807) is 25.1 Å². The minimum Gasteiger partial charge on any atom is -0.399 e. The Morgan fingerprint density at radius 3 is 2.15 bits per heavy atom. The highest BCUT2D eigenvalue weighted by Gasteiger charge is 2.21. The topological polar surface area (TPSA) is 72.2 Å². The number of sulfonamides is 1. The van der Waals surface area contributed by atoms with Gasteiger partial charge in [0, 0.05) is 12.2 Å². The molecule has 1 rings (SSSR count). The monoisotopic (exact) mass is 298 g/mol. The fourth-order valence-corrected chi connectivity index (χ4v) is 3.50. The molecule has 0 amide bonds. The van der Waals surface area contributed by atoms with E-state index in [2.05, 4.69) is 32.4 Å². The Labute approximate surface area is 122 Å². The number of nitrogens with two attached hydrogens (primary N) is 1. The maximum Gasteiger partial charge on any atom is 0.240 e. The van der Waals surface area contributed by atoms with Crippen LogP contribution in [0.4, 0.5) is 5.69 Å². The van der Waals surface area contributed by atoms with Crippen LogP contribution in [0.1, 0.15) is 33.3 Å². The van der Waals surface area contributed by atoms with Crippen molar-refractivity contribution >= 4 is 15.7 Å². The molecule has 5 heteroatoms. The molecule has 0 aliphatic heterocycles. The molecular weight excluding hydrogens is 272 g/mol. The SMILES string of the molecule is Cc1cc(S(=O)(=O)NCC(C(C)C)C(C)C)ccc1N. The molecule has 0 aliphatic rings. The summed E-state index contributed by atoms with van der Waals surface area (Å²) in [5, 5.41) is 0. The van der Waals surface area contributed by atoms with Crippen molar-refractivity contribution < 1.29 is 8.42 Å². The molecule has 0 aromatic heterocycles. The summed E-state index contributed by atoms with van der Waals surface area (Å²) < 4.78 is 27.3. The molecule has 0 saturated heterocycles. The minimum absolute atomic E-state index is 0.274. The zero-order valence-electron chi connectivity index (χ0n) is 13.0. The summed E-state index contributed by atoms with van der Waals surface area (Å²) in [4.78, 5) is 0.274. The summed E-state index contributed by atoms with van der Waals surface area (Å²) in [6.45, 7) is 10.7. The number of aryl methyl sites for hydroxylation is 1. The fourth-order valence-electron chi connectivity index (χ4n) is 2.35. The average molecular weight is 298 g/mol. The quantitative estimate of drug-likeness (QED) is 0.793. The van der Waals surface area contributed by atoms with Gasteiger partial charge >= 0.3 is 0 Å². The Morgan fingerprint density at radius 1 is 1.15 bits per heavy atom. The van der Waals surface area contributed by atoms with E-state index >= 15 is 0 Å². The van der Waals surface area contributed by atoms with E-state index in [1.807, 2.05) is 0 Å². The van der Waals surface area contributed by atoms with Crippen molar-refractivity contribution in [3.63, 3.8) is 0 Å². The van der Waals surface area contributed by atoms with Gasteiger partial charge in [0.15, 0.2) is 0 Å². The van der Waals surface area contributed by atoms with E-state index in [0.717, 1.165) is 5.56 Å². The van der Waals surface area contributed by atoms with Gasteiger partial charge in [-0.05, 0) is 48.4 Å². The summed E-state index contributed by atoms with van der Waals surface area (Å²) in [7, 11) is -3.47. The molecule has 0 fully saturated rings. The number of hydrogen-bond donors (Lipinski definition) is 2. The van der Waals surface area contributed by atoms with Gasteiger partial charge in [-0.3, -0.25) is 0 Å². The number of hydrogen-bond acceptors (Lipinski definition) is 3. The Balaban J connectivity index is 2.87. The summed E-state index contributed by atoms with van der Waals surface area (Å²) in [5.41, 5.74) is 7.10. The first-order valence-electron chi connectivity index (χ1n) is 7.01. The normalized spacial score (nSPS) is 12.6. The lowest BCUT2D eigenvalue weighted by Gasteiger charge is -2.25. The molecule has 4 nitrogen and oxygen atoms in total. The standard InChI is InChI=1S/C15H26N2O2S/c1-10(2)14(11(3)4)9-17-20(18,19)13-6-7-15(16)12(5)8-13/h6-8,10-11,14,17H,9,16H2,1-5H3. The highest BCUT2D eigenvalue weighted by Crippen LogP contribution is 2.21. The van der Waals surface area contributed by atoms with Gasteiger partial charge in [-0.25, -0.2) is 13.1 Å². The van der Waals surface area contributed by atoms with Crippen LogP contribution in [0.25, 0.3) is 0 Å². The second-order valence-electron chi connectivity index (χ2n) is 6.02. The van der Waals surface area contributed by atoms with Crippen LogP contribution in [0.2, 0.25) is 0 Å². The van der Waals surface area contributed by atoms with Crippen LogP contribution in [-0.4, -0.2) is 15.0 Å². The van der Waals surface area contributed by atoms with E-state index in [4.69, 9.17) is 5.73 Å². The van der Waals surface area contributed by atoms with Crippen molar-refractivity contribution in [2.75, 3.05) is 12.3 Å². The number of benzene rings is 1. The fraction of sp³-hybridized carbons (Fsp3) is 0.600. The second-order valence-corrected chi connectivity index (χ2v) is 7.79. The number of nitrogens with one attached hydrogen (secondary N) is 1. The maximum absolute atomic E-state index is 12.3. The average Bonchev–Trinajstić information content (AvgIpc) is 2.31. The van der Waals surface area contributed by atoms with Crippen LogP contribution in [0, 0.1) is 24.7 Å². The zero-order chi connectivity index (χ0) is 15.5. The molecule has 0 radical (unpaired) electrons. The van der Waals surface area contributed by atoms with Crippen molar-refractivity contribution in [3.05, 3.63) is 23.8 Å². The minimum atomic E-state index is -3.47. The van der Waals surface area contributed by atoms with E-state index in [0.29, 0.717) is 30.0 Å². The smallest absolute Gasteiger partial charge is 0.240 e. The predicted molar refractivity (Wildman–Crippen MR) is 83.9 cm³/mol. The Kier molecular flexibility index (Phi) is 5.59. The number of anilines is 1. The first-order valence-corrected chi connectivity index (χ1v) is 8.49. The molecule has 0 unspecified atom stereocenters. The molecule has 0 saturated carbocycles. The molecule has 20 heavy (non-hydrogen) atoms. The van der Waals surface area contributed by atoms with Crippen LogP contribution in [0.15, 0.2) is 23.1 Å². The van der Waals surface area contributed by atoms with E-state index in [-0.39, 0.29) is 4.90 Å².